The summed E-state index contributed by atoms with van der Waals surface area (Å²) in [4.78, 5) is 0. The van der Waals surface area contributed by atoms with Gasteiger partial charge in [0.2, 0.25) is 0 Å². The van der Waals surface area contributed by atoms with Gasteiger partial charge in [0.25, 0.3) is 0 Å². The van der Waals surface area contributed by atoms with Crippen LogP contribution in [0.1, 0.15) is 20.3 Å². The van der Waals surface area contributed by atoms with Gasteiger partial charge in [-0.25, -0.2) is 0 Å². The molecule has 0 atom stereocenters. The summed E-state index contributed by atoms with van der Waals surface area (Å²) in [7, 11) is -3.07. The van der Waals surface area contributed by atoms with Gasteiger partial charge >= 0.3 is 7.60 Å². The minimum absolute atomic E-state index is 0.116. The standard InChI is InChI=1S/C12H17O3P/c1-4-7-10-14-16(13,12-9-6-3)15-11-8-5-2/h6H,3,9-12H2,1-2H3. The second kappa shape index (κ2) is 9.25. The highest BCUT2D eigenvalue weighted by atomic mass is 31.2. The van der Waals surface area contributed by atoms with E-state index in [1.54, 1.807) is 19.9 Å². The molecule has 0 fully saturated rings. The molecular weight excluding hydrogens is 223 g/mol. The second-order valence-electron chi connectivity index (χ2n) is 2.81. The molecule has 16 heavy (non-hydrogen) atoms. The zero-order valence-electron chi connectivity index (χ0n) is 9.78. The molecule has 0 aliphatic rings. The molecule has 0 radical (unpaired) electrons. The molecule has 0 unspecified atom stereocenters. The van der Waals surface area contributed by atoms with Crippen LogP contribution in [-0.2, 0) is 13.6 Å². The smallest absolute Gasteiger partial charge is 0.295 e. The van der Waals surface area contributed by atoms with Crippen molar-refractivity contribution in [2.75, 3.05) is 19.4 Å². The van der Waals surface area contributed by atoms with E-state index in [1.807, 2.05) is 0 Å². The Kier molecular flexibility index (Phi) is 8.68. The van der Waals surface area contributed by atoms with Gasteiger partial charge in [0.05, 0.1) is 6.16 Å². The number of hydrogen-bond acceptors (Lipinski definition) is 3. The lowest BCUT2D eigenvalue weighted by Crippen LogP contribution is -2.01. The predicted molar refractivity (Wildman–Crippen MR) is 66.1 cm³/mol. The molecule has 0 saturated carbocycles. The van der Waals surface area contributed by atoms with E-state index in [0.29, 0.717) is 12.6 Å². The Morgan fingerprint density at radius 3 is 2.06 bits per heavy atom. The Bertz CT molecular complexity index is 337. The van der Waals surface area contributed by atoms with Crippen LogP contribution < -0.4 is 0 Å². The number of rotatable bonds is 7. The predicted octanol–water partition coefficient (Wildman–Crippen LogP) is 2.84. The quantitative estimate of drug-likeness (QED) is 0.390. The van der Waals surface area contributed by atoms with E-state index in [-0.39, 0.29) is 13.2 Å². The summed E-state index contributed by atoms with van der Waals surface area (Å²) in [5.41, 5.74) is 0. The largest absolute Gasteiger partial charge is 0.332 e. The molecule has 3 nitrogen and oxygen atoms in total. The van der Waals surface area contributed by atoms with Crippen molar-refractivity contribution >= 4 is 7.60 Å². The van der Waals surface area contributed by atoms with Crippen LogP contribution in [0.25, 0.3) is 0 Å². The first-order valence-electron chi connectivity index (χ1n) is 4.96. The SMILES string of the molecule is C=CCCP(=O)(OCC#CC)OCC#CC. The van der Waals surface area contributed by atoms with Crippen molar-refractivity contribution in [3.8, 4) is 23.7 Å². The van der Waals surface area contributed by atoms with Crippen molar-refractivity contribution in [1.82, 2.24) is 0 Å². The third-order valence-electron chi connectivity index (χ3n) is 1.63. The van der Waals surface area contributed by atoms with Crippen molar-refractivity contribution in [3.05, 3.63) is 12.7 Å². The molecule has 0 aliphatic carbocycles. The lowest BCUT2D eigenvalue weighted by molar-refractivity contribution is 0.242. The van der Waals surface area contributed by atoms with Crippen LogP contribution in [0.15, 0.2) is 12.7 Å². The summed E-state index contributed by atoms with van der Waals surface area (Å²) >= 11 is 0. The van der Waals surface area contributed by atoms with Crippen molar-refractivity contribution in [2.45, 2.75) is 20.3 Å². The Hall–Kier alpha value is -0.990. The van der Waals surface area contributed by atoms with E-state index in [0.717, 1.165) is 0 Å². The monoisotopic (exact) mass is 240 g/mol. The topological polar surface area (TPSA) is 35.5 Å². The van der Waals surface area contributed by atoms with Crippen molar-refractivity contribution in [1.29, 1.82) is 0 Å². The van der Waals surface area contributed by atoms with Crippen molar-refractivity contribution in [3.63, 3.8) is 0 Å². The van der Waals surface area contributed by atoms with Crippen molar-refractivity contribution in [2.24, 2.45) is 0 Å². The van der Waals surface area contributed by atoms with E-state index in [9.17, 15) is 4.57 Å². The zero-order valence-corrected chi connectivity index (χ0v) is 10.7. The second-order valence-corrected chi connectivity index (χ2v) is 5.00. The van der Waals surface area contributed by atoms with Gasteiger partial charge < -0.3 is 0 Å². The van der Waals surface area contributed by atoms with Gasteiger partial charge in [-0.2, -0.15) is 0 Å². The lowest BCUT2D eigenvalue weighted by Gasteiger charge is -2.14. The Labute approximate surface area is 97.8 Å². The average molecular weight is 240 g/mol. The van der Waals surface area contributed by atoms with Gasteiger partial charge in [-0.1, -0.05) is 17.9 Å². The van der Waals surface area contributed by atoms with Gasteiger partial charge in [0, 0.05) is 0 Å². The van der Waals surface area contributed by atoms with E-state index in [4.69, 9.17) is 9.05 Å². The number of allylic oxidation sites excluding steroid dienone is 1. The fourth-order valence-corrected chi connectivity index (χ4v) is 2.18. The molecule has 0 aromatic heterocycles. The minimum atomic E-state index is -3.07. The van der Waals surface area contributed by atoms with Crippen LogP contribution >= 0.6 is 7.60 Å². The summed E-state index contributed by atoms with van der Waals surface area (Å²) in [6.45, 7) is 7.19. The van der Waals surface area contributed by atoms with Crippen LogP contribution in [0.2, 0.25) is 0 Å². The van der Waals surface area contributed by atoms with Crippen LogP contribution in [0, 0.1) is 23.7 Å². The third kappa shape index (κ3) is 7.32. The highest BCUT2D eigenvalue weighted by Crippen LogP contribution is 2.48. The van der Waals surface area contributed by atoms with Crippen molar-refractivity contribution < 1.29 is 13.6 Å². The Morgan fingerprint density at radius 1 is 1.19 bits per heavy atom. The fraction of sp³-hybridized carbons (Fsp3) is 0.500. The first kappa shape index (κ1) is 15.0. The van der Waals surface area contributed by atoms with Gasteiger partial charge in [0.15, 0.2) is 0 Å². The maximum atomic E-state index is 12.1. The van der Waals surface area contributed by atoms with E-state index >= 15 is 0 Å². The molecule has 0 aliphatic heterocycles. The molecule has 0 N–H and O–H groups in total. The van der Waals surface area contributed by atoms with E-state index in [1.165, 1.54) is 0 Å². The highest BCUT2D eigenvalue weighted by Gasteiger charge is 2.22. The molecule has 0 saturated heterocycles. The molecule has 0 bridgehead atoms. The first-order valence-corrected chi connectivity index (χ1v) is 6.69. The van der Waals surface area contributed by atoms with E-state index in [2.05, 4.69) is 30.3 Å². The summed E-state index contributed by atoms with van der Waals surface area (Å²) in [6.07, 6.45) is 2.57. The molecular formula is C12H17O3P. The van der Waals surface area contributed by atoms with Crippen LogP contribution in [0.5, 0.6) is 0 Å². The zero-order chi connectivity index (χ0) is 12.3. The van der Waals surface area contributed by atoms with Gasteiger partial charge in [-0.15, -0.1) is 18.4 Å². The molecule has 0 spiro atoms. The highest BCUT2D eigenvalue weighted by molar-refractivity contribution is 7.53. The van der Waals surface area contributed by atoms with Gasteiger partial charge in [-0.05, 0) is 20.3 Å². The average Bonchev–Trinajstić information content (AvgIpc) is 2.27. The maximum absolute atomic E-state index is 12.1. The van der Waals surface area contributed by atoms with E-state index < -0.39 is 7.60 Å². The molecule has 0 rings (SSSR count). The molecule has 88 valence electrons. The Morgan fingerprint density at radius 2 is 1.69 bits per heavy atom. The number of hydrogen-bond donors (Lipinski definition) is 0. The summed E-state index contributed by atoms with van der Waals surface area (Å²) in [5.74, 6) is 10.7. The molecule has 0 aromatic rings. The minimum Gasteiger partial charge on any atom is -0.295 e. The molecule has 4 heteroatoms. The fourth-order valence-electron chi connectivity index (χ4n) is 0.821. The van der Waals surface area contributed by atoms with Crippen LogP contribution in [0.4, 0.5) is 0 Å². The first-order chi connectivity index (χ1) is 7.68. The summed E-state index contributed by atoms with van der Waals surface area (Å²) in [6, 6.07) is 0. The van der Waals surface area contributed by atoms with Gasteiger partial charge in [0.1, 0.15) is 13.2 Å². The summed E-state index contributed by atoms with van der Waals surface area (Å²) in [5, 5.41) is 0. The van der Waals surface area contributed by atoms with Crippen LogP contribution in [-0.4, -0.2) is 19.4 Å². The Balaban J connectivity index is 4.30. The lowest BCUT2D eigenvalue weighted by atomic mass is 10.5. The van der Waals surface area contributed by atoms with Crippen LogP contribution in [0.3, 0.4) is 0 Å². The third-order valence-corrected chi connectivity index (χ3v) is 3.48. The molecule has 0 amide bonds. The summed E-state index contributed by atoms with van der Waals surface area (Å²) < 4.78 is 22.4. The normalized spacial score (nSPS) is 9.62. The van der Waals surface area contributed by atoms with Gasteiger partial charge in [-0.3, -0.25) is 13.6 Å². The molecule has 0 aromatic carbocycles. The molecule has 0 heterocycles. The maximum Gasteiger partial charge on any atom is 0.332 e.